The lowest BCUT2D eigenvalue weighted by Crippen LogP contribution is -2.69. The van der Waals surface area contributed by atoms with Crippen molar-refractivity contribution in [3.63, 3.8) is 0 Å². The number of aliphatic carboxylic acids is 1. The summed E-state index contributed by atoms with van der Waals surface area (Å²) in [5, 5.41) is 19.4. The van der Waals surface area contributed by atoms with E-state index in [4.69, 9.17) is 9.94 Å². The third-order valence-corrected chi connectivity index (χ3v) is 6.33. The van der Waals surface area contributed by atoms with Crippen LogP contribution < -0.4 is 10.6 Å². The van der Waals surface area contributed by atoms with E-state index < -0.39 is 29.2 Å². The number of β-lactam (4-membered cyclic amide) rings is 1. The highest BCUT2D eigenvalue weighted by Gasteiger charge is 2.50. The van der Waals surface area contributed by atoms with Gasteiger partial charge in [0.05, 0.1) is 5.57 Å². The number of hydrogen-bond donors (Lipinski definition) is 3. The number of oxime groups is 1. The fourth-order valence-corrected chi connectivity index (χ4v) is 4.57. The van der Waals surface area contributed by atoms with Crippen LogP contribution in [0.15, 0.2) is 22.3 Å². The van der Waals surface area contributed by atoms with Crippen molar-refractivity contribution in [3.05, 3.63) is 22.8 Å². The molecule has 1 aromatic rings. The van der Waals surface area contributed by atoms with E-state index in [2.05, 4.69) is 20.8 Å². The van der Waals surface area contributed by atoms with Gasteiger partial charge in [-0.2, -0.15) is 0 Å². The van der Waals surface area contributed by atoms with Crippen molar-refractivity contribution in [2.45, 2.75) is 31.2 Å². The topological polar surface area (TPSA) is 150 Å². The Labute approximate surface area is 179 Å². The Balaban J connectivity index is 1.73. The van der Waals surface area contributed by atoms with Crippen LogP contribution in [0.4, 0.5) is 5.13 Å². The molecule has 1 aromatic heterocycles. The Morgan fingerprint density at radius 1 is 1.50 bits per heavy atom. The van der Waals surface area contributed by atoms with Crippen molar-refractivity contribution >= 4 is 58.1 Å². The Morgan fingerprint density at radius 2 is 2.30 bits per heavy atom. The summed E-state index contributed by atoms with van der Waals surface area (Å²) in [5.41, 5.74) is 0.208. The van der Waals surface area contributed by atoms with Crippen LogP contribution in [0.5, 0.6) is 0 Å². The number of carbonyl (C=O) groups is 4. The van der Waals surface area contributed by atoms with E-state index in [1.807, 2.05) is 6.92 Å². The molecular formula is C17H19N5O6S2. The number of fused-ring (bicyclic) bond motifs is 1. The summed E-state index contributed by atoms with van der Waals surface area (Å²) in [5.74, 6) is -1.92. The quantitative estimate of drug-likeness (QED) is 0.153. The molecule has 0 spiro atoms. The number of aromatic nitrogens is 1. The number of thioether (sulfide) groups is 1. The van der Waals surface area contributed by atoms with E-state index in [-0.39, 0.29) is 27.9 Å². The van der Waals surface area contributed by atoms with E-state index in [1.165, 1.54) is 22.9 Å². The molecule has 0 radical (unpaired) electrons. The second kappa shape index (κ2) is 9.71. The predicted octanol–water partition coefficient (Wildman–Crippen LogP) is 0.601. The van der Waals surface area contributed by atoms with E-state index in [9.17, 15) is 19.2 Å². The van der Waals surface area contributed by atoms with Gasteiger partial charge < -0.3 is 25.5 Å². The number of amides is 3. The van der Waals surface area contributed by atoms with Gasteiger partial charge in [0.25, 0.3) is 11.8 Å². The molecule has 160 valence electrons. The molecule has 3 amide bonds. The number of unbranched alkanes of at least 4 members (excludes halogenated alkanes) is 1. The zero-order valence-corrected chi connectivity index (χ0v) is 17.5. The van der Waals surface area contributed by atoms with Gasteiger partial charge in [0.15, 0.2) is 10.8 Å². The van der Waals surface area contributed by atoms with Crippen molar-refractivity contribution in [3.8, 4) is 0 Å². The zero-order valence-electron chi connectivity index (χ0n) is 15.9. The van der Waals surface area contributed by atoms with E-state index in [0.717, 1.165) is 24.2 Å². The summed E-state index contributed by atoms with van der Waals surface area (Å²) in [7, 11) is 0. The Hall–Kier alpha value is -2.93. The summed E-state index contributed by atoms with van der Waals surface area (Å²) in [6.45, 7) is 2.30. The lowest BCUT2D eigenvalue weighted by Gasteiger charge is -2.46. The monoisotopic (exact) mass is 453 g/mol. The number of carbonyl (C=O) groups excluding carboxylic acids is 3. The number of hydrogen-bond acceptors (Lipinski definition) is 9. The molecule has 3 N–H and O–H groups in total. The largest absolute Gasteiger partial charge is 0.478 e. The maximum atomic E-state index is 12.8. The third kappa shape index (κ3) is 4.62. The number of thiazole rings is 1. The highest BCUT2D eigenvalue weighted by Crippen LogP contribution is 2.36. The van der Waals surface area contributed by atoms with Crippen molar-refractivity contribution < 1.29 is 29.1 Å². The smallest absolute Gasteiger partial charge is 0.333 e. The van der Waals surface area contributed by atoms with Crippen molar-refractivity contribution in [2.75, 3.05) is 17.7 Å². The van der Waals surface area contributed by atoms with Gasteiger partial charge in [-0.05, 0) is 6.42 Å². The molecule has 13 heteroatoms. The van der Waals surface area contributed by atoms with Crippen LogP contribution in [-0.2, 0) is 24.0 Å². The van der Waals surface area contributed by atoms with Gasteiger partial charge in [0.2, 0.25) is 6.41 Å². The average Bonchev–Trinajstić information content (AvgIpc) is 3.19. The van der Waals surface area contributed by atoms with Crippen LogP contribution in [0.2, 0.25) is 0 Å². The molecule has 2 atom stereocenters. The molecule has 0 saturated carbocycles. The number of nitrogens with one attached hydrogen (secondary N) is 2. The predicted molar refractivity (Wildman–Crippen MR) is 110 cm³/mol. The van der Waals surface area contributed by atoms with Crippen molar-refractivity contribution in [2.24, 2.45) is 5.16 Å². The van der Waals surface area contributed by atoms with Gasteiger partial charge in [-0.15, -0.1) is 23.1 Å². The summed E-state index contributed by atoms with van der Waals surface area (Å²) in [4.78, 5) is 57.5. The molecule has 1 unspecified atom stereocenters. The van der Waals surface area contributed by atoms with Gasteiger partial charge in [-0.1, -0.05) is 18.5 Å². The SMILES string of the molecule is CCCCON=C(C(=O)NC1C(=O)N2C=C(C(=O)O)CS[C@H]12)c1csc(NC=O)n1. The molecule has 0 aliphatic carbocycles. The highest BCUT2D eigenvalue weighted by atomic mass is 32.2. The minimum atomic E-state index is -1.08. The summed E-state index contributed by atoms with van der Waals surface area (Å²) >= 11 is 2.37. The first-order valence-corrected chi connectivity index (χ1v) is 10.9. The first-order chi connectivity index (χ1) is 14.5. The second-order valence-corrected chi connectivity index (χ2v) is 8.25. The van der Waals surface area contributed by atoms with E-state index in [0.29, 0.717) is 13.0 Å². The molecule has 11 nitrogen and oxygen atoms in total. The summed E-state index contributed by atoms with van der Waals surface area (Å²) in [6.07, 6.45) is 3.41. The molecule has 0 bridgehead atoms. The number of carboxylic acids is 1. The second-order valence-electron chi connectivity index (χ2n) is 6.28. The molecule has 1 fully saturated rings. The van der Waals surface area contributed by atoms with Crippen LogP contribution in [0.1, 0.15) is 25.5 Å². The van der Waals surface area contributed by atoms with Crippen LogP contribution in [0.3, 0.4) is 0 Å². The van der Waals surface area contributed by atoms with E-state index in [1.54, 1.807) is 5.38 Å². The molecule has 3 heterocycles. The molecule has 2 aliphatic heterocycles. The van der Waals surface area contributed by atoms with Crippen molar-refractivity contribution in [1.82, 2.24) is 15.2 Å². The fourth-order valence-electron chi connectivity index (χ4n) is 2.66. The normalized spacial score (nSPS) is 20.6. The van der Waals surface area contributed by atoms with Gasteiger partial charge in [-0.3, -0.25) is 14.4 Å². The number of anilines is 1. The van der Waals surface area contributed by atoms with Gasteiger partial charge in [0.1, 0.15) is 23.7 Å². The number of nitrogens with zero attached hydrogens (tertiary/aromatic N) is 3. The Kier molecular flexibility index (Phi) is 7.05. The molecular weight excluding hydrogens is 434 g/mol. The average molecular weight is 454 g/mol. The van der Waals surface area contributed by atoms with Crippen LogP contribution in [-0.4, -0.2) is 68.7 Å². The van der Waals surface area contributed by atoms with Crippen LogP contribution in [0, 0.1) is 0 Å². The molecule has 3 rings (SSSR count). The standard InChI is InChI=1S/C17H19N5O6S2/c1-2-3-4-28-21-11(10-7-30-17(19-10)18-8-23)13(24)20-12-14(25)22-5-9(16(26)27)6-29-15(12)22/h5,7-8,12,15H,2-4,6H2,1H3,(H,20,24)(H,26,27)(H,18,19,23)/t12?,15-/m1/s1. The molecule has 0 aromatic carbocycles. The molecule has 30 heavy (non-hydrogen) atoms. The highest BCUT2D eigenvalue weighted by molar-refractivity contribution is 8.00. The number of carboxylic acid groups (broad SMARTS) is 1. The lowest BCUT2D eigenvalue weighted by atomic mass is 10.1. The van der Waals surface area contributed by atoms with Gasteiger partial charge in [0, 0.05) is 17.3 Å². The zero-order chi connectivity index (χ0) is 21.7. The van der Waals surface area contributed by atoms with Crippen molar-refractivity contribution in [1.29, 1.82) is 0 Å². The minimum Gasteiger partial charge on any atom is -0.478 e. The fraction of sp³-hybridized carbons (Fsp3) is 0.412. The van der Waals surface area contributed by atoms with Gasteiger partial charge in [-0.25, -0.2) is 9.78 Å². The summed E-state index contributed by atoms with van der Waals surface area (Å²) in [6, 6.07) is -0.818. The summed E-state index contributed by atoms with van der Waals surface area (Å²) < 4.78 is 0. The van der Waals surface area contributed by atoms with Crippen LogP contribution in [0.25, 0.3) is 0 Å². The maximum Gasteiger partial charge on any atom is 0.333 e. The maximum absolute atomic E-state index is 12.8. The first-order valence-electron chi connectivity index (χ1n) is 9.01. The minimum absolute atomic E-state index is 0.116. The third-order valence-electron chi connectivity index (χ3n) is 4.23. The van der Waals surface area contributed by atoms with Gasteiger partial charge >= 0.3 is 5.97 Å². The first kappa shape index (κ1) is 21.8. The molecule has 2 aliphatic rings. The Bertz CT molecular complexity index is 914. The van der Waals surface area contributed by atoms with Crippen LogP contribution >= 0.6 is 23.1 Å². The Morgan fingerprint density at radius 3 is 3.00 bits per heavy atom. The number of rotatable bonds is 10. The lowest BCUT2D eigenvalue weighted by molar-refractivity contribution is -0.144. The van der Waals surface area contributed by atoms with E-state index >= 15 is 0 Å². The molecule has 1 saturated heterocycles.